The maximum absolute atomic E-state index is 12.3. The van der Waals surface area contributed by atoms with E-state index in [9.17, 15) is 4.79 Å². The highest BCUT2D eigenvalue weighted by molar-refractivity contribution is 6.36. The summed E-state index contributed by atoms with van der Waals surface area (Å²) in [4.78, 5) is 25.3. The number of anilines is 4. The first-order valence-corrected chi connectivity index (χ1v) is 10.2. The van der Waals surface area contributed by atoms with Crippen LogP contribution >= 0.6 is 23.2 Å². The molecule has 2 amide bonds. The van der Waals surface area contributed by atoms with E-state index in [0.717, 1.165) is 32.0 Å². The van der Waals surface area contributed by atoms with E-state index in [1.165, 1.54) is 12.0 Å². The number of hydrogen-bond acceptors (Lipinski definition) is 5. The summed E-state index contributed by atoms with van der Waals surface area (Å²) in [6, 6.07) is 16.5. The monoisotopic (exact) mass is 442 g/mol. The minimum atomic E-state index is -0.447. The Kier molecular flexibility index (Phi) is 6.21. The fourth-order valence-electron chi connectivity index (χ4n) is 3.28. The van der Waals surface area contributed by atoms with Gasteiger partial charge in [0.25, 0.3) is 0 Å². The quantitative estimate of drug-likeness (QED) is 0.609. The Balaban J connectivity index is 1.36. The molecule has 1 saturated heterocycles. The number of hydrogen-bond donors (Lipinski definition) is 2. The number of nitrogens with zero attached hydrogens (tertiary/aromatic N) is 4. The van der Waals surface area contributed by atoms with Crippen LogP contribution in [-0.4, -0.2) is 42.2 Å². The van der Waals surface area contributed by atoms with Crippen LogP contribution in [0.15, 0.2) is 60.9 Å². The van der Waals surface area contributed by atoms with Gasteiger partial charge in [0.2, 0.25) is 0 Å². The van der Waals surface area contributed by atoms with Crippen LogP contribution in [0.1, 0.15) is 0 Å². The summed E-state index contributed by atoms with van der Waals surface area (Å²) in [5, 5.41) is 6.26. The average Bonchev–Trinajstić information content (AvgIpc) is 2.77. The van der Waals surface area contributed by atoms with Crippen LogP contribution in [0.2, 0.25) is 10.0 Å². The zero-order valence-electron chi connectivity index (χ0n) is 16.1. The van der Waals surface area contributed by atoms with Crippen LogP contribution in [0.4, 0.5) is 27.8 Å². The van der Waals surface area contributed by atoms with E-state index in [1.54, 1.807) is 24.3 Å². The fourth-order valence-corrected chi connectivity index (χ4v) is 3.74. The Morgan fingerprint density at radius 1 is 0.867 bits per heavy atom. The number of carbonyl (C=O) groups is 1. The van der Waals surface area contributed by atoms with E-state index in [1.807, 2.05) is 18.2 Å². The molecule has 0 bridgehead atoms. The third-order valence-corrected chi connectivity index (χ3v) is 5.35. The summed E-state index contributed by atoms with van der Waals surface area (Å²) in [6.45, 7) is 3.45. The summed E-state index contributed by atoms with van der Waals surface area (Å²) in [6.07, 6.45) is 1.45. The average molecular weight is 443 g/mol. The van der Waals surface area contributed by atoms with Crippen LogP contribution < -0.4 is 20.4 Å². The van der Waals surface area contributed by atoms with Gasteiger partial charge >= 0.3 is 6.03 Å². The lowest BCUT2D eigenvalue weighted by atomic mass is 10.2. The summed E-state index contributed by atoms with van der Waals surface area (Å²) >= 11 is 12.0. The van der Waals surface area contributed by atoms with Crippen molar-refractivity contribution in [3.63, 3.8) is 0 Å². The molecule has 0 spiro atoms. The number of amides is 2. The normalized spacial score (nSPS) is 13.8. The molecule has 0 unspecified atom stereocenters. The SMILES string of the molecule is O=C(Nc1cc(N2CCN(c3ccccc3)CC2)ncn1)Nc1ccc(Cl)cc1Cl. The smallest absolute Gasteiger partial charge is 0.324 e. The molecular weight excluding hydrogens is 423 g/mol. The molecule has 1 fully saturated rings. The molecule has 0 atom stereocenters. The second-order valence-corrected chi connectivity index (χ2v) is 7.62. The van der Waals surface area contributed by atoms with Gasteiger partial charge in [-0.2, -0.15) is 0 Å². The standard InChI is InChI=1S/C21H20Cl2N6O/c22-15-6-7-18(17(23)12-15)26-21(30)27-19-13-20(25-14-24-19)29-10-8-28(9-11-29)16-4-2-1-3-5-16/h1-7,12-14H,8-11H2,(H2,24,25,26,27,30). The highest BCUT2D eigenvalue weighted by Gasteiger charge is 2.19. The van der Waals surface area contributed by atoms with Crippen LogP contribution in [0.5, 0.6) is 0 Å². The van der Waals surface area contributed by atoms with E-state index < -0.39 is 6.03 Å². The Morgan fingerprint density at radius 2 is 1.60 bits per heavy atom. The van der Waals surface area contributed by atoms with Crippen molar-refractivity contribution in [1.29, 1.82) is 0 Å². The van der Waals surface area contributed by atoms with Crippen molar-refractivity contribution in [1.82, 2.24) is 9.97 Å². The fraction of sp³-hybridized carbons (Fsp3) is 0.190. The first kappa shape index (κ1) is 20.3. The highest BCUT2D eigenvalue weighted by Crippen LogP contribution is 2.25. The number of nitrogens with one attached hydrogen (secondary N) is 2. The summed E-state index contributed by atoms with van der Waals surface area (Å²) < 4.78 is 0. The third-order valence-electron chi connectivity index (χ3n) is 4.80. The predicted octanol–water partition coefficient (Wildman–Crippen LogP) is 4.75. The largest absolute Gasteiger partial charge is 0.368 e. The van der Waals surface area contributed by atoms with Crippen molar-refractivity contribution in [2.24, 2.45) is 0 Å². The minimum absolute atomic E-state index is 0.359. The molecule has 0 aliphatic carbocycles. The van der Waals surface area contributed by atoms with Gasteiger partial charge in [-0.1, -0.05) is 41.4 Å². The number of aromatic nitrogens is 2. The second kappa shape index (κ2) is 9.19. The predicted molar refractivity (Wildman–Crippen MR) is 122 cm³/mol. The van der Waals surface area contributed by atoms with Crippen molar-refractivity contribution in [2.75, 3.05) is 46.6 Å². The van der Waals surface area contributed by atoms with Gasteiger partial charge < -0.3 is 15.1 Å². The molecular formula is C21H20Cl2N6O. The van der Waals surface area contributed by atoms with Crippen LogP contribution in [0, 0.1) is 0 Å². The highest BCUT2D eigenvalue weighted by atomic mass is 35.5. The molecule has 1 aromatic heterocycles. The van der Waals surface area contributed by atoms with Gasteiger partial charge in [-0.3, -0.25) is 5.32 Å². The summed E-state index contributed by atoms with van der Waals surface area (Å²) in [7, 11) is 0. The van der Waals surface area contributed by atoms with Crippen molar-refractivity contribution >= 4 is 52.2 Å². The van der Waals surface area contributed by atoms with E-state index >= 15 is 0 Å². The molecule has 3 aromatic rings. The molecule has 0 radical (unpaired) electrons. The maximum Gasteiger partial charge on any atom is 0.324 e. The maximum atomic E-state index is 12.3. The number of para-hydroxylation sites is 1. The van der Waals surface area contributed by atoms with E-state index in [2.05, 4.69) is 42.5 Å². The zero-order valence-corrected chi connectivity index (χ0v) is 17.6. The lowest BCUT2D eigenvalue weighted by Crippen LogP contribution is -2.46. The van der Waals surface area contributed by atoms with Gasteiger partial charge in [0.15, 0.2) is 0 Å². The number of rotatable bonds is 4. The van der Waals surface area contributed by atoms with Gasteiger partial charge in [-0.05, 0) is 30.3 Å². The van der Waals surface area contributed by atoms with Gasteiger partial charge in [0.1, 0.15) is 18.0 Å². The number of benzene rings is 2. The molecule has 4 rings (SSSR count). The van der Waals surface area contributed by atoms with Crippen LogP contribution in [0.25, 0.3) is 0 Å². The number of halogens is 2. The van der Waals surface area contributed by atoms with Crippen molar-refractivity contribution in [2.45, 2.75) is 0 Å². The van der Waals surface area contributed by atoms with Gasteiger partial charge in [-0.15, -0.1) is 0 Å². The minimum Gasteiger partial charge on any atom is -0.368 e. The van der Waals surface area contributed by atoms with Crippen molar-refractivity contribution in [3.05, 3.63) is 71.0 Å². The van der Waals surface area contributed by atoms with Crippen molar-refractivity contribution < 1.29 is 4.79 Å². The molecule has 1 aliphatic heterocycles. The molecule has 30 heavy (non-hydrogen) atoms. The van der Waals surface area contributed by atoms with Gasteiger partial charge in [-0.25, -0.2) is 14.8 Å². The van der Waals surface area contributed by atoms with Crippen molar-refractivity contribution in [3.8, 4) is 0 Å². The van der Waals surface area contributed by atoms with E-state index in [4.69, 9.17) is 23.2 Å². The molecule has 154 valence electrons. The number of carbonyl (C=O) groups excluding carboxylic acids is 1. The van der Waals surface area contributed by atoms with E-state index in [-0.39, 0.29) is 0 Å². The Labute approximate surface area is 184 Å². The topological polar surface area (TPSA) is 73.4 Å². The zero-order chi connectivity index (χ0) is 20.9. The number of urea groups is 1. The van der Waals surface area contributed by atoms with E-state index in [0.29, 0.717) is 21.6 Å². The van der Waals surface area contributed by atoms with Gasteiger partial charge in [0.05, 0.1) is 10.7 Å². The Hall–Kier alpha value is -3.03. The molecule has 7 nitrogen and oxygen atoms in total. The second-order valence-electron chi connectivity index (χ2n) is 6.77. The summed E-state index contributed by atoms with van der Waals surface area (Å²) in [5.74, 6) is 1.19. The molecule has 2 heterocycles. The molecule has 9 heteroatoms. The molecule has 1 aliphatic rings. The molecule has 2 N–H and O–H groups in total. The third kappa shape index (κ3) is 4.93. The van der Waals surface area contributed by atoms with Crippen LogP contribution in [-0.2, 0) is 0 Å². The number of piperazine rings is 1. The Morgan fingerprint density at radius 3 is 2.33 bits per heavy atom. The first-order chi connectivity index (χ1) is 14.6. The lowest BCUT2D eigenvalue weighted by molar-refractivity contribution is 0.262. The first-order valence-electron chi connectivity index (χ1n) is 9.48. The molecule has 2 aromatic carbocycles. The summed E-state index contributed by atoms with van der Waals surface area (Å²) in [5.41, 5.74) is 1.68. The molecule has 0 saturated carbocycles. The van der Waals surface area contributed by atoms with Crippen LogP contribution in [0.3, 0.4) is 0 Å². The Bertz CT molecular complexity index is 1030. The van der Waals surface area contributed by atoms with Gasteiger partial charge in [0, 0.05) is 43.0 Å². The lowest BCUT2D eigenvalue weighted by Gasteiger charge is -2.36.